The number of nitrogens with zero attached hydrogens (tertiary/aromatic N) is 1. The molecule has 1 aromatic heterocycles. The van der Waals surface area contributed by atoms with Crippen molar-refractivity contribution in [2.24, 2.45) is 11.8 Å². The molecule has 0 atom stereocenters. The number of pyridine rings is 1. The molecule has 82 valence electrons. The van der Waals surface area contributed by atoms with Crippen molar-refractivity contribution in [1.29, 1.82) is 0 Å². The van der Waals surface area contributed by atoms with Crippen LogP contribution in [-0.2, 0) is 6.42 Å². The summed E-state index contributed by atoms with van der Waals surface area (Å²) in [5.74, 6) is 1.96. The fraction of sp³-hybridized carbons (Fsp3) is 0.643. The largest absolute Gasteiger partial charge is 0.265 e. The maximum Gasteiger partial charge on any atom is 0.0270 e. The zero-order valence-corrected chi connectivity index (χ0v) is 9.65. The first-order chi connectivity index (χ1) is 7.34. The highest BCUT2D eigenvalue weighted by Crippen LogP contribution is 2.30. The molecule has 1 aromatic rings. The van der Waals surface area contributed by atoms with Crippen molar-refractivity contribution in [3.05, 3.63) is 30.1 Å². The molecule has 15 heavy (non-hydrogen) atoms. The zero-order valence-electron chi connectivity index (χ0n) is 9.65. The monoisotopic (exact) mass is 203 g/mol. The van der Waals surface area contributed by atoms with Gasteiger partial charge in [0.1, 0.15) is 0 Å². The van der Waals surface area contributed by atoms with Crippen LogP contribution in [0.15, 0.2) is 24.5 Å². The summed E-state index contributed by atoms with van der Waals surface area (Å²) in [5.41, 5.74) is 1.45. The molecule has 1 nitrogen and oxygen atoms in total. The smallest absolute Gasteiger partial charge is 0.0270 e. The van der Waals surface area contributed by atoms with Gasteiger partial charge in [0.05, 0.1) is 0 Å². The normalized spacial score (nSPS) is 26.5. The summed E-state index contributed by atoms with van der Waals surface area (Å²) in [6, 6.07) is 4.29. The van der Waals surface area contributed by atoms with Gasteiger partial charge in [0.25, 0.3) is 0 Å². The third kappa shape index (κ3) is 3.33. The predicted molar refractivity (Wildman–Crippen MR) is 63.7 cm³/mol. The Morgan fingerprint density at radius 2 is 1.80 bits per heavy atom. The van der Waals surface area contributed by atoms with Gasteiger partial charge < -0.3 is 0 Å². The SMILES string of the molecule is CC1CCC(CCc2ccncc2)CC1. The van der Waals surface area contributed by atoms with Crippen molar-refractivity contribution in [2.45, 2.75) is 45.4 Å². The molecule has 0 aromatic carbocycles. The topological polar surface area (TPSA) is 12.9 Å². The highest BCUT2D eigenvalue weighted by atomic mass is 14.6. The first-order valence-electron chi connectivity index (χ1n) is 6.23. The van der Waals surface area contributed by atoms with Crippen LogP contribution in [-0.4, -0.2) is 4.98 Å². The van der Waals surface area contributed by atoms with Gasteiger partial charge in [-0.2, -0.15) is 0 Å². The van der Waals surface area contributed by atoms with Crippen molar-refractivity contribution in [3.8, 4) is 0 Å². The molecule has 1 saturated carbocycles. The minimum atomic E-state index is 0.974. The molecule has 2 rings (SSSR count). The van der Waals surface area contributed by atoms with Crippen molar-refractivity contribution in [1.82, 2.24) is 4.98 Å². The summed E-state index contributed by atoms with van der Waals surface area (Å²) in [5, 5.41) is 0. The lowest BCUT2D eigenvalue weighted by Crippen LogP contribution is -2.12. The van der Waals surface area contributed by atoms with Gasteiger partial charge in [-0.25, -0.2) is 0 Å². The van der Waals surface area contributed by atoms with E-state index in [1.807, 2.05) is 12.4 Å². The zero-order chi connectivity index (χ0) is 10.5. The summed E-state index contributed by atoms with van der Waals surface area (Å²) < 4.78 is 0. The summed E-state index contributed by atoms with van der Waals surface area (Å²) in [6.45, 7) is 2.39. The summed E-state index contributed by atoms with van der Waals surface area (Å²) in [7, 11) is 0. The summed E-state index contributed by atoms with van der Waals surface area (Å²) in [6.07, 6.45) is 12.2. The van der Waals surface area contributed by atoms with Crippen LogP contribution in [0.3, 0.4) is 0 Å². The van der Waals surface area contributed by atoms with Crippen LogP contribution in [0, 0.1) is 11.8 Å². The van der Waals surface area contributed by atoms with Gasteiger partial charge in [0.2, 0.25) is 0 Å². The number of aromatic nitrogens is 1. The first kappa shape index (κ1) is 10.7. The Hall–Kier alpha value is -0.850. The van der Waals surface area contributed by atoms with E-state index >= 15 is 0 Å². The molecule has 1 heterocycles. The van der Waals surface area contributed by atoms with E-state index in [4.69, 9.17) is 0 Å². The van der Waals surface area contributed by atoms with E-state index in [0.29, 0.717) is 0 Å². The highest BCUT2D eigenvalue weighted by Gasteiger charge is 2.17. The Labute approximate surface area is 92.9 Å². The molecule has 0 saturated heterocycles. The Morgan fingerprint density at radius 3 is 2.47 bits per heavy atom. The highest BCUT2D eigenvalue weighted by molar-refractivity contribution is 5.09. The summed E-state index contributed by atoms with van der Waals surface area (Å²) in [4.78, 5) is 4.05. The van der Waals surface area contributed by atoms with E-state index in [1.165, 1.54) is 44.1 Å². The minimum absolute atomic E-state index is 0.974. The number of aryl methyl sites for hydroxylation is 1. The first-order valence-corrected chi connectivity index (χ1v) is 6.23. The van der Waals surface area contributed by atoms with Gasteiger partial charge >= 0.3 is 0 Å². The van der Waals surface area contributed by atoms with Gasteiger partial charge in [-0.3, -0.25) is 4.98 Å². The van der Waals surface area contributed by atoms with Crippen molar-refractivity contribution in [2.75, 3.05) is 0 Å². The lowest BCUT2D eigenvalue weighted by Gasteiger charge is -2.26. The van der Waals surface area contributed by atoms with E-state index in [9.17, 15) is 0 Å². The molecular weight excluding hydrogens is 182 g/mol. The van der Waals surface area contributed by atoms with Gasteiger partial charge in [0.15, 0.2) is 0 Å². The Kier molecular flexibility index (Phi) is 3.76. The Bertz CT molecular complexity index is 273. The van der Waals surface area contributed by atoms with E-state index in [-0.39, 0.29) is 0 Å². The van der Waals surface area contributed by atoms with Crippen LogP contribution >= 0.6 is 0 Å². The molecule has 0 radical (unpaired) electrons. The van der Waals surface area contributed by atoms with Gasteiger partial charge in [0, 0.05) is 12.4 Å². The van der Waals surface area contributed by atoms with Gasteiger partial charge in [-0.15, -0.1) is 0 Å². The molecule has 0 unspecified atom stereocenters. The van der Waals surface area contributed by atoms with Crippen molar-refractivity contribution in [3.63, 3.8) is 0 Å². The van der Waals surface area contributed by atoms with E-state index in [0.717, 1.165) is 11.8 Å². The van der Waals surface area contributed by atoms with E-state index < -0.39 is 0 Å². The fourth-order valence-electron chi connectivity index (χ4n) is 2.54. The lowest BCUT2D eigenvalue weighted by molar-refractivity contribution is 0.278. The van der Waals surface area contributed by atoms with E-state index in [1.54, 1.807) is 0 Å². The second kappa shape index (κ2) is 5.29. The second-order valence-electron chi connectivity index (χ2n) is 5.02. The van der Waals surface area contributed by atoms with Crippen LogP contribution < -0.4 is 0 Å². The molecule has 0 bridgehead atoms. The van der Waals surface area contributed by atoms with E-state index in [2.05, 4.69) is 24.0 Å². The molecule has 1 fully saturated rings. The van der Waals surface area contributed by atoms with Crippen molar-refractivity contribution < 1.29 is 0 Å². The number of rotatable bonds is 3. The van der Waals surface area contributed by atoms with Crippen LogP contribution in [0.2, 0.25) is 0 Å². The van der Waals surface area contributed by atoms with Gasteiger partial charge in [-0.05, 0) is 42.4 Å². The average Bonchev–Trinajstić information content (AvgIpc) is 2.30. The Balaban J connectivity index is 1.74. The maximum atomic E-state index is 4.05. The molecular formula is C14H21N. The van der Waals surface area contributed by atoms with Crippen molar-refractivity contribution >= 4 is 0 Å². The van der Waals surface area contributed by atoms with Crippen LogP contribution in [0.1, 0.15) is 44.6 Å². The van der Waals surface area contributed by atoms with Gasteiger partial charge in [-0.1, -0.05) is 32.6 Å². The quantitative estimate of drug-likeness (QED) is 0.727. The number of hydrogen-bond donors (Lipinski definition) is 0. The number of hydrogen-bond acceptors (Lipinski definition) is 1. The lowest BCUT2D eigenvalue weighted by atomic mass is 9.80. The predicted octanol–water partition coefficient (Wildman–Crippen LogP) is 3.84. The third-order valence-corrected chi connectivity index (χ3v) is 3.73. The molecule has 1 heteroatoms. The van der Waals surface area contributed by atoms with Crippen LogP contribution in [0.5, 0.6) is 0 Å². The molecule has 0 aliphatic heterocycles. The molecule has 1 aliphatic carbocycles. The molecule has 0 spiro atoms. The fourth-order valence-corrected chi connectivity index (χ4v) is 2.54. The van der Waals surface area contributed by atoms with Crippen LogP contribution in [0.25, 0.3) is 0 Å². The average molecular weight is 203 g/mol. The third-order valence-electron chi connectivity index (χ3n) is 3.73. The molecule has 0 N–H and O–H groups in total. The molecule has 0 amide bonds. The second-order valence-corrected chi connectivity index (χ2v) is 5.02. The van der Waals surface area contributed by atoms with Crippen LogP contribution in [0.4, 0.5) is 0 Å². The standard InChI is InChI=1S/C14H21N/c1-12-2-4-13(5-3-12)6-7-14-8-10-15-11-9-14/h8-13H,2-7H2,1H3. The molecule has 1 aliphatic rings. The maximum absolute atomic E-state index is 4.05. The minimum Gasteiger partial charge on any atom is -0.265 e. The summed E-state index contributed by atoms with van der Waals surface area (Å²) >= 11 is 0. The Morgan fingerprint density at radius 1 is 1.13 bits per heavy atom.